The monoisotopic (exact) mass is 310 g/mol. The quantitative estimate of drug-likeness (QED) is 0.586. The smallest absolute Gasteiger partial charge is 0.856 e. The van der Waals surface area contributed by atoms with Gasteiger partial charge in [0.1, 0.15) is 0 Å². The van der Waals surface area contributed by atoms with Crippen molar-refractivity contribution < 1.29 is 5.11 Å². The zero-order chi connectivity index (χ0) is 10.2. The molecule has 0 aromatic heterocycles. The van der Waals surface area contributed by atoms with Gasteiger partial charge in [0.05, 0.1) is 0 Å². The van der Waals surface area contributed by atoms with Crippen LogP contribution in [0, 0.1) is 13.8 Å². The van der Waals surface area contributed by atoms with E-state index in [4.69, 9.17) is 0 Å². The van der Waals surface area contributed by atoms with Crippen molar-refractivity contribution in [1.82, 2.24) is 0 Å². The van der Waals surface area contributed by atoms with Gasteiger partial charge in [-0.05, 0) is 0 Å². The molecule has 4 radical (unpaired) electrons. The Bertz CT molecular complexity index is 30.4. The largest absolute Gasteiger partial charge is 2.00 e. The maximum Gasteiger partial charge on any atom is 2.00 e. The molecule has 1 nitrogen and oxygen atoms in total. The summed E-state index contributed by atoms with van der Waals surface area (Å²) in [4.78, 5) is 0. The Morgan fingerprint density at radius 3 is 1.23 bits per heavy atom. The molecule has 0 fully saturated rings. The van der Waals surface area contributed by atoms with Gasteiger partial charge in [0.15, 0.2) is 0 Å². The van der Waals surface area contributed by atoms with E-state index >= 15 is 0 Å². The Morgan fingerprint density at radius 2 is 1.23 bits per heavy atom. The van der Waals surface area contributed by atoms with Gasteiger partial charge in [0, 0.05) is 0 Å². The van der Waals surface area contributed by atoms with Crippen molar-refractivity contribution in [2.45, 2.75) is 39.5 Å². The van der Waals surface area contributed by atoms with Crippen molar-refractivity contribution in [2.75, 3.05) is 12.4 Å². The number of unbranched alkanes of at least 4 members (excludes halogenated alkanes) is 2. The summed E-state index contributed by atoms with van der Waals surface area (Å²) < 4.78 is 0. The van der Waals surface area contributed by atoms with E-state index in [1.165, 1.54) is 12.8 Å². The zero-order valence-electron chi connectivity index (χ0n) is 8.97. The van der Waals surface area contributed by atoms with E-state index in [0.717, 1.165) is 12.8 Å². The van der Waals surface area contributed by atoms with Crippen molar-refractivity contribution in [1.29, 1.82) is 0 Å². The summed E-state index contributed by atoms with van der Waals surface area (Å²) in [7, 11) is 0. The summed E-state index contributed by atoms with van der Waals surface area (Å²) in [6.45, 7) is 11.3. The third kappa shape index (κ3) is 95.8. The van der Waals surface area contributed by atoms with Crippen LogP contribution < -0.4 is 5.11 Å². The molecule has 0 rings (SSSR count). The molecule has 0 saturated heterocycles. The number of hydrogen-bond acceptors (Lipinski definition) is 2. The van der Waals surface area contributed by atoms with E-state index < -0.39 is 0 Å². The van der Waals surface area contributed by atoms with E-state index in [-0.39, 0.29) is 30.5 Å². The SMILES string of the molecule is [CH2]CCC.[CH2]CCC.[O-]CC[S-].[Sn+2]. The van der Waals surface area contributed by atoms with Gasteiger partial charge in [-0.3, -0.25) is 0 Å². The van der Waals surface area contributed by atoms with Crippen LogP contribution >= 0.6 is 0 Å². The molecule has 0 aliphatic rings. The van der Waals surface area contributed by atoms with Crippen molar-refractivity contribution in [3.8, 4) is 0 Å². The van der Waals surface area contributed by atoms with Gasteiger partial charge in [0.25, 0.3) is 0 Å². The molecule has 0 unspecified atom stereocenters. The molecule has 0 saturated carbocycles. The molecule has 3 heteroatoms. The van der Waals surface area contributed by atoms with Crippen molar-refractivity contribution in [3.05, 3.63) is 13.8 Å². The molecule has 0 heterocycles. The minimum atomic E-state index is -0.116. The maximum atomic E-state index is 9.19. The molecule has 78 valence electrons. The van der Waals surface area contributed by atoms with Gasteiger partial charge in [-0.25, -0.2) is 0 Å². The van der Waals surface area contributed by atoms with E-state index in [2.05, 4.69) is 40.3 Å². The van der Waals surface area contributed by atoms with Crippen LogP contribution in [0.3, 0.4) is 0 Å². The zero-order valence-corrected chi connectivity index (χ0v) is 12.6. The Hall–Kier alpha value is 1.11. The molecule has 0 bridgehead atoms. The predicted molar refractivity (Wildman–Crippen MR) is 63.4 cm³/mol. The topological polar surface area (TPSA) is 23.1 Å². The Morgan fingerprint density at radius 1 is 1.08 bits per heavy atom. The van der Waals surface area contributed by atoms with Crippen LogP contribution in [0.25, 0.3) is 0 Å². The van der Waals surface area contributed by atoms with Crippen LogP contribution in [0.1, 0.15) is 39.5 Å². The van der Waals surface area contributed by atoms with Crippen LogP contribution in [-0.4, -0.2) is 36.3 Å². The normalized spacial score (nSPS) is 6.92. The molecule has 0 N–H and O–H groups in total. The van der Waals surface area contributed by atoms with Crippen molar-refractivity contribution >= 4 is 36.5 Å². The van der Waals surface area contributed by atoms with Crippen LogP contribution in [0.5, 0.6) is 0 Å². The third-order valence-electron chi connectivity index (χ3n) is 0.790. The molecular formula is C10H22OSSn. The van der Waals surface area contributed by atoms with Crippen LogP contribution in [-0.2, 0) is 12.6 Å². The summed E-state index contributed by atoms with van der Waals surface area (Å²) in [5.41, 5.74) is 0. The second-order valence-corrected chi connectivity index (χ2v) is 2.52. The van der Waals surface area contributed by atoms with E-state index in [1.807, 2.05) is 0 Å². The molecule has 0 aromatic rings. The van der Waals surface area contributed by atoms with Gasteiger partial charge >= 0.3 is 23.9 Å². The Balaban J connectivity index is -0.0000000450. The summed E-state index contributed by atoms with van der Waals surface area (Å²) in [5, 5.41) is 9.19. The summed E-state index contributed by atoms with van der Waals surface area (Å²) in [6.07, 6.45) is 4.56. The summed E-state index contributed by atoms with van der Waals surface area (Å²) >= 11 is 4.24. The minimum Gasteiger partial charge on any atom is -0.856 e. The molecule has 0 spiro atoms. The van der Waals surface area contributed by atoms with Crippen LogP contribution in [0.15, 0.2) is 0 Å². The fourth-order valence-electron chi connectivity index (χ4n) is 0. The Kier molecular flexibility index (Phi) is 69.4. The van der Waals surface area contributed by atoms with Gasteiger partial charge in [-0.1, -0.05) is 53.4 Å². The third-order valence-corrected chi connectivity index (χ3v) is 0.957. The van der Waals surface area contributed by atoms with Crippen molar-refractivity contribution in [3.63, 3.8) is 0 Å². The fourth-order valence-corrected chi connectivity index (χ4v) is 0. The first-order valence-electron chi connectivity index (χ1n) is 4.49. The molecule has 0 amide bonds. The van der Waals surface area contributed by atoms with Gasteiger partial charge in [-0.2, -0.15) is 12.4 Å². The standard InChI is InChI=1S/2C4H9.C2H5OS.Sn/c2*1-3-4-2;3-1-2-4;/h2*1,3-4H2,2H3;4H,1-2H2;/q;;-1;+2/p-1. The summed E-state index contributed by atoms with van der Waals surface area (Å²) in [6, 6.07) is 0. The van der Waals surface area contributed by atoms with Gasteiger partial charge < -0.3 is 17.7 Å². The first-order valence-corrected chi connectivity index (χ1v) is 5.07. The summed E-state index contributed by atoms with van der Waals surface area (Å²) in [5.74, 6) is 0.347. The van der Waals surface area contributed by atoms with E-state index in [1.54, 1.807) is 0 Å². The first-order chi connectivity index (χ1) is 5.74. The molecule has 0 aromatic carbocycles. The van der Waals surface area contributed by atoms with E-state index in [9.17, 15) is 5.11 Å². The molecule has 0 aliphatic carbocycles. The maximum absolute atomic E-state index is 9.19. The molecule has 0 atom stereocenters. The van der Waals surface area contributed by atoms with Gasteiger partial charge in [0.2, 0.25) is 0 Å². The van der Waals surface area contributed by atoms with Crippen LogP contribution in [0.2, 0.25) is 0 Å². The first kappa shape index (κ1) is 23.7. The number of rotatable bonds is 3. The average Bonchev–Trinajstić information content (AvgIpc) is 2.18. The average molecular weight is 309 g/mol. The van der Waals surface area contributed by atoms with Crippen molar-refractivity contribution in [2.24, 2.45) is 0 Å². The second kappa shape index (κ2) is 38.0. The molecular weight excluding hydrogens is 287 g/mol. The van der Waals surface area contributed by atoms with E-state index in [0.29, 0.717) is 5.75 Å². The Labute approximate surface area is 107 Å². The number of hydrogen-bond donors (Lipinski definition) is 0. The second-order valence-electron chi connectivity index (χ2n) is 2.12. The minimum absolute atomic E-state index is 0. The predicted octanol–water partition coefficient (Wildman–Crippen LogP) is 1.75. The molecule has 0 aliphatic heterocycles. The van der Waals surface area contributed by atoms with Crippen LogP contribution in [0.4, 0.5) is 0 Å². The van der Waals surface area contributed by atoms with Gasteiger partial charge in [-0.15, -0.1) is 0 Å². The molecule has 13 heavy (non-hydrogen) atoms. The fraction of sp³-hybridized carbons (Fsp3) is 0.800.